The zero-order valence-corrected chi connectivity index (χ0v) is 12.8. The van der Waals surface area contributed by atoms with Crippen molar-refractivity contribution < 1.29 is 18.3 Å². The van der Waals surface area contributed by atoms with Gasteiger partial charge in [0.05, 0.1) is 12.3 Å². The first-order chi connectivity index (χ1) is 11.6. The van der Waals surface area contributed by atoms with Crippen molar-refractivity contribution in [3.63, 3.8) is 0 Å². The topological polar surface area (TPSA) is 62.1 Å². The Balaban J connectivity index is 2.31. The Bertz CT molecular complexity index is 806. The van der Waals surface area contributed by atoms with Gasteiger partial charge in [-0.1, -0.05) is 18.2 Å². The molecule has 0 atom stereocenters. The fraction of sp³-hybridized carbons (Fsp3) is 0.111. The number of carbonyl (C=O) groups is 1. The van der Waals surface area contributed by atoms with Crippen LogP contribution in [0.1, 0.15) is 12.5 Å². The van der Waals surface area contributed by atoms with E-state index >= 15 is 0 Å². The van der Waals surface area contributed by atoms with Crippen molar-refractivity contribution in [1.82, 2.24) is 0 Å². The Morgan fingerprint density at radius 1 is 1.21 bits per heavy atom. The summed E-state index contributed by atoms with van der Waals surface area (Å²) in [7, 11) is 0. The van der Waals surface area contributed by atoms with Crippen molar-refractivity contribution in [1.29, 1.82) is 5.26 Å². The van der Waals surface area contributed by atoms with E-state index in [0.29, 0.717) is 18.0 Å². The lowest BCUT2D eigenvalue weighted by Crippen LogP contribution is -2.14. The number of hydrogen-bond acceptors (Lipinski definition) is 3. The van der Waals surface area contributed by atoms with Crippen LogP contribution in [0.4, 0.5) is 14.5 Å². The lowest BCUT2D eigenvalue weighted by Gasteiger charge is -2.10. The van der Waals surface area contributed by atoms with Crippen LogP contribution in [-0.4, -0.2) is 12.5 Å². The molecule has 0 aromatic heterocycles. The van der Waals surface area contributed by atoms with Gasteiger partial charge in [0.1, 0.15) is 29.0 Å². The fourth-order valence-electron chi connectivity index (χ4n) is 1.98. The van der Waals surface area contributed by atoms with E-state index < -0.39 is 28.7 Å². The van der Waals surface area contributed by atoms with Crippen LogP contribution in [0.3, 0.4) is 0 Å². The van der Waals surface area contributed by atoms with Gasteiger partial charge < -0.3 is 10.1 Å². The molecule has 0 spiro atoms. The summed E-state index contributed by atoms with van der Waals surface area (Å²) < 4.78 is 32.7. The van der Waals surface area contributed by atoms with Crippen molar-refractivity contribution in [2.75, 3.05) is 11.9 Å². The number of amides is 1. The molecule has 0 unspecified atom stereocenters. The van der Waals surface area contributed by atoms with Crippen LogP contribution in [0.15, 0.2) is 48.0 Å². The van der Waals surface area contributed by atoms with E-state index in [1.807, 2.05) is 0 Å². The number of hydrogen-bond donors (Lipinski definition) is 1. The number of anilines is 1. The van der Waals surface area contributed by atoms with E-state index in [1.54, 1.807) is 37.3 Å². The standard InChI is InChI=1S/C18H14F2N2O2/c1-2-24-17-9-4-3-8-16(17)22-18(23)12(11-21)10-13-14(19)6-5-7-15(13)20/h3-10H,2H2,1H3,(H,22,23)/b12-10+. The highest BCUT2D eigenvalue weighted by molar-refractivity contribution is 6.10. The van der Waals surface area contributed by atoms with E-state index in [4.69, 9.17) is 10.00 Å². The van der Waals surface area contributed by atoms with E-state index in [-0.39, 0.29) is 0 Å². The number of nitrogens with one attached hydrogen (secondary N) is 1. The minimum atomic E-state index is -0.856. The second-order valence-electron chi connectivity index (χ2n) is 4.69. The molecule has 6 heteroatoms. The lowest BCUT2D eigenvalue weighted by molar-refractivity contribution is -0.112. The molecule has 0 aliphatic carbocycles. The third-order valence-corrected chi connectivity index (χ3v) is 3.09. The largest absolute Gasteiger partial charge is 0.492 e. The predicted molar refractivity (Wildman–Crippen MR) is 86.2 cm³/mol. The zero-order chi connectivity index (χ0) is 17.5. The average molecular weight is 328 g/mol. The first kappa shape index (κ1) is 17.2. The van der Waals surface area contributed by atoms with Gasteiger partial charge in [-0.2, -0.15) is 5.26 Å². The highest BCUT2D eigenvalue weighted by atomic mass is 19.1. The number of para-hydroxylation sites is 2. The molecule has 2 aromatic carbocycles. The number of nitrogens with zero attached hydrogens (tertiary/aromatic N) is 1. The highest BCUT2D eigenvalue weighted by Crippen LogP contribution is 2.24. The summed E-state index contributed by atoms with van der Waals surface area (Å²) in [6.07, 6.45) is 0.878. The molecule has 0 heterocycles. The van der Waals surface area contributed by atoms with E-state index in [1.165, 1.54) is 6.07 Å². The fourth-order valence-corrected chi connectivity index (χ4v) is 1.98. The average Bonchev–Trinajstić information content (AvgIpc) is 2.56. The van der Waals surface area contributed by atoms with E-state index in [9.17, 15) is 13.6 Å². The van der Waals surface area contributed by atoms with Crippen LogP contribution < -0.4 is 10.1 Å². The van der Waals surface area contributed by atoms with Gasteiger partial charge in [0.25, 0.3) is 5.91 Å². The van der Waals surface area contributed by atoms with Crippen LogP contribution in [0.5, 0.6) is 5.75 Å². The Morgan fingerprint density at radius 2 is 1.88 bits per heavy atom. The summed E-state index contributed by atoms with van der Waals surface area (Å²) in [6, 6.07) is 11.6. The number of ether oxygens (including phenoxy) is 1. The van der Waals surface area contributed by atoms with Gasteiger partial charge in [-0.3, -0.25) is 4.79 Å². The summed E-state index contributed by atoms with van der Waals surface area (Å²) in [5.74, 6) is -2.06. The van der Waals surface area contributed by atoms with Gasteiger partial charge in [-0.15, -0.1) is 0 Å². The first-order valence-electron chi connectivity index (χ1n) is 7.15. The summed E-state index contributed by atoms with van der Waals surface area (Å²) >= 11 is 0. The van der Waals surface area contributed by atoms with E-state index in [0.717, 1.165) is 18.2 Å². The Kier molecular flexibility index (Phi) is 5.63. The molecule has 122 valence electrons. The van der Waals surface area contributed by atoms with Crippen molar-refractivity contribution in [3.8, 4) is 11.8 Å². The molecule has 1 amide bonds. The molecule has 0 aliphatic heterocycles. The van der Waals surface area contributed by atoms with Crippen LogP contribution in [0, 0.1) is 23.0 Å². The third kappa shape index (κ3) is 3.96. The van der Waals surface area contributed by atoms with Gasteiger partial charge in [-0.05, 0) is 37.3 Å². The van der Waals surface area contributed by atoms with Crippen molar-refractivity contribution in [2.45, 2.75) is 6.92 Å². The maximum atomic E-state index is 13.7. The molecule has 1 N–H and O–H groups in total. The minimum Gasteiger partial charge on any atom is -0.492 e. The third-order valence-electron chi connectivity index (χ3n) is 3.09. The molecule has 0 aliphatic rings. The second kappa shape index (κ2) is 7.88. The summed E-state index contributed by atoms with van der Waals surface area (Å²) in [5, 5.41) is 11.6. The monoisotopic (exact) mass is 328 g/mol. The molecule has 2 rings (SSSR count). The molecular weight excluding hydrogens is 314 g/mol. The molecular formula is C18H14F2N2O2. The highest BCUT2D eigenvalue weighted by Gasteiger charge is 2.15. The van der Waals surface area contributed by atoms with Crippen molar-refractivity contribution >= 4 is 17.7 Å². The molecule has 0 saturated carbocycles. The molecule has 0 radical (unpaired) electrons. The summed E-state index contributed by atoms with van der Waals surface area (Å²) in [6.45, 7) is 2.19. The smallest absolute Gasteiger partial charge is 0.266 e. The lowest BCUT2D eigenvalue weighted by atomic mass is 10.1. The summed E-state index contributed by atoms with van der Waals surface area (Å²) in [4.78, 5) is 12.2. The minimum absolute atomic E-state index is 0.361. The molecule has 0 fully saturated rings. The molecule has 4 nitrogen and oxygen atoms in total. The summed E-state index contributed by atoms with van der Waals surface area (Å²) in [5.41, 5.74) is -0.507. The second-order valence-corrected chi connectivity index (χ2v) is 4.69. The quantitative estimate of drug-likeness (QED) is 0.668. The maximum absolute atomic E-state index is 13.7. The van der Waals surface area contributed by atoms with Crippen LogP contribution in [0.2, 0.25) is 0 Å². The maximum Gasteiger partial charge on any atom is 0.266 e. The molecule has 0 bridgehead atoms. The number of halogens is 2. The Morgan fingerprint density at radius 3 is 2.50 bits per heavy atom. The zero-order valence-electron chi connectivity index (χ0n) is 12.8. The van der Waals surface area contributed by atoms with Crippen LogP contribution in [0.25, 0.3) is 6.08 Å². The number of carbonyl (C=O) groups excluding carboxylic acids is 1. The molecule has 24 heavy (non-hydrogen) atoms. The van der Waals surface area contributed by atoms with Gasteiger partial charge in [0, 0.05) is 5.56 Å². The van der Waals surface area contributed by atoms with Gasteiger partial charge in [0.15, 0.2) is 0 Å². The SMILES string of the molecule is CCOc1ccccc1NC(=O)/C(C#N)=C/c1c(F)cccc1F. The Hall–Kier alpha value is -3.20. The van der Waals surface area contributed by atoms with Crippen LogP contribution in [-0.2, 0) is 4.79 Å². The van der Waals surface area contributed by atoms with Gasteiger partial charge >= 0.3 is 0 Å². The number of nitriles is 1. The van der Waals surface area contributed by atoms with E-state index in [2.05, 4.69) is 5.32 Å². The molecule has 0 saturated heterocycles. The van der Waals surface area contributed by atoms with Crippen molar-refractivity contribution in [3.05, 3.63) is 65.2 Å². The normalized spacial score (nSPS) is 10.8. The van der Waals surface area contributed by atoms with Gasteiger partial charge in [-0.25, -0.2) is 8.78 Å². The van der Waals surface area contributed by atoms with Crippen molar-refractivity contribution in [2.24, 2.45) is 0 Å². The molecule has 2 aromatic rings. The van der Waals surface area contributed by atoms with Crippen LogP contribution >= 0.6 is 0 Å². The number of rotatable bonds is 5. The number of benzene rings is 2. The Labute approximate surface area is 138 Å². The predicted octanol–water partition coefficient (Wildman–Crippen LogP) is 3.91. The van der Waals surface area contributed by atoms with Gasteiger partial charge in [0.2, 0.25) is 0 Å². The first-order valence-corrected chi connectivity index (χ1v) is 7.15.